The maximum Gasteiger partial charge on any atom is 0.309 e. The lowest BCUT2D eigenvalue weighted by Crippen LogP contribution is -2.42. The van der Waals surface area contributed by atoms with Gasteiger partial charge in [0.15, 0.2) is 0 Å². The molecule has 144 valence electrons. The van der Waals surface area contributed by atoms with Crippen molar-refractivity contribution in [1.82, 2.24) is 9.80 Å². The third kappa shape index (κ3) is 4.96. The number of hydrogen-bond donors (Lipinski definition) is 1. The van der Waals surface area contributed by atoms with Gasteiger partial charge in [0.2, 0.25) is 0 Å². The number of ether oxygens (including phenoxy) is 2. The van der Waals surface area contributed by atoms with E-state index in [1.165, 1.54) is 5.56 Å². The van der Waals surface area contributed by atoms with Crippen molar-refractivity contribution in [2.75, 3.05) is 52.5 Å². The highest BCUT2D eigenvalue weighted by Crippen LogP contribution is 2.32. The lowest BCUT2D eigenvalue weighted by Gasteiger charge is -2.36. The normalized spacial score (nSPS) is 21.4. The van der Waals surface area contributed by atoms with Crippen LogP contribution in [0.2, 0.25) is 0 Å². The molecular formula is C20H30N2O4. The minimum absolute atomic E-state index is 0.579. The Hall–Kier alpha value is -1.63. The Labute approximate surface area is 155 Å². The van der Waals surface area contributed by atoms with Crippen LogP contribution < -0.4 is 4.74 Å². The van der Waals surface area contributed by atoms with Gasteiger partial charge in [-0.15, -0.1) is 0 Å². The van der Waals surface area contributed by atoms with Crippen molar-refractivity contribution in [3.63, 3.8) is 0 Å². The van der Waals surface area contributed by atoms with Crippen molar-refractivity contribution in [2.24, 2.45) is 5.41 Å². The molecule has 0 radical (unpaired) electrons. The number of rotatable bonds is 7. The highest BCUT2D eigenvalue weighted by atomic mass is 16.5. The van der Waals surface area contributed by atoms with Crippen molar-refractivity contribution in [3.05, 3.63) is 29.8 Å². The third-order valence-corrected chi connectivity index (χ3v) is 5.61. The predicted octanol–water partition coefficient (Wildman–Crippen LogP) is 2.08. The number of benzene rings is 1. The summed E-state index contributed by atoms with van der Waals surface area (Å²) in [6.45, 7) is 9.44. The first-order valence-electron chi connectivity index (χ1n) is 9.53. The topological polar surface area (TPSA) is 62.2 Å². The number of nitrogens with zero attached hydrogens (tertiary/aromatic N) is 2. The van der Waals surface area contributed by atoms with E-state index in [9.17, 15) is 9.90 Å². The molecule has 1 aromatic carbocycles. The predicted molar refractivity (Wildman–Crippen MR) is 99.4 cm³/mol. The Morgan fingerprint density at radius 3 is 2.54 bits per heavy atom. The number of carbonyl (C=O) groups is 1. The molecule has 0 bridgehead atoms. The number of hydrogen-bond acceptors (Lipinski definition) is 5. The summed E-state index contributed by atoms with van der Waals surface area (Å²) in [5.74, 6) is 0.260. The van der Waals surface area contributed by atoms with Gasteiger partial charge in [0, 0.05) is 31.7 Å². The van der Waals surface area contributed by atoms with Crippen LogP contribution in [0.25, 0.3) is 0 Å². The van der Waals surface area contributed by atoms with Crippen LogP contribution in [0.1, 0.15) is 25.3 Å². The first kappa shape index (κ1) is 19.1. The van der Waals surface area contributed by atoms with E-state index in [1.54, 1.807) is 0 Å². The van der Waals surface area contributed by atoms with Gasteiger partial charge in [0.05, 0.1) is 18.6 Å². The number of para-hydroxylation sites is 1. The smallest absolute Gasteiger partial charge is 0.309 e. The fourth-order valence-electron chi connectivity index (χ4n) is 3.54. The lowest BCUT2D eigenvalue weighted by molar-refractivity contribution is -0.150. The molecule has 0 atom stereocenters. The molecule has 2 aliphatic heterocycles. The Kier molecular flexibility index (Phi) is 6.51. The number of likely N-dealkylation sites (tertiary alicyclic amines) is 1. The second-order valence-corrected chi connectivity index (χ2v) is 7.55. The second kappa shape index (κ2) is 8.84. The summed E-state index contributed by atoms with van der Waals surface area (Å²) in [7, 11) is 0. The molecule has 2 aliphatic rings. The van der Waals surface area contributed by atoms with Gasteiger partial charge in [-0.3, -0.25) is 14.6 Å². The summed E-state index contributed by atoms with van der Waals surface area (Å²) in [6.07, 6.45) is 1.39. The van der Waals surface area contributed by atoms with E-state index < -0.39 is 11.4 Å². The summed E-state index contributed by atoms with van der Waals surface area (Å²) in [6, 6.07) is 8.18. The molecule has 6 nitrogen and oxygen atoms in total. The molecule has 0 unspecified atom stereocenters. The van der Waals surface area contributed by atoms with Gasteiger partial charge in [-0.05, 0) is 38.9 Å². The van der Waals surface area contributed by atoms with Crippen molar-refractivity contribution >= 4 is 5.97 Å². The van der Waals surface area contributed by atoms with Crippen molar-refractivity contribution in [1.29, 1.82) is 0 Å². The zero-order valence-electron chi connectivity index (χ0n) is 15.7. The van der Waals surface area contributed by atoms with Crippen LogP contribution in [0.15, 0.2) is 24.3 Å². The van der Waals surface area contributed by atoms with Crippen LogP contribution in [-0.2, 0) is 16.1 Å². The van der Waals surface area contributed by atoms with Crippen LogP contribution in [-0.4, -0.2) is 73.4 Å². The van der Waals surface area contributed by atoms with Crippen LogP contribution in [0.5, 0.6) is 5.75 Å². The van der Waals surface area contributed by atoms with Gasteiger partial charge < -0.3 is 14.6 Å². The molecule has 0 amide bonds. The van der Waals surface area contributed by atoms with Gasteiger partial charge in [0.25, 0.3) is 0 Å². The molecule has 0 aromatic heterocycles. The number of carboxylic acid groups (broad SMARTS) is 1. The fourth-order valence-corrected chi connectivity index (χ4v) is 3.54. The molecule has 6 heteroatoms. The van der Waals surface area contributed by atoms with Gasteiger partial charge in [-0.2, -0.15) is 0 Å². The summed E-state index contributed by atoms with van der Waals surface area (Å²) >= 11 is 0. The van der Waals surface area contributed by atoms with Crippen LogP contribution in [0, 0.1) is 5.41 Å². The van der Waals surface area contributed by atoms with Gasteiger partial charge >= 0.3 is 5.97 Å². The van der Waals surface area contributed by atoms with E-state index in [-0.39, 0.29) is 0 Å². The Morgan fingerprint density at radius 2 is 1.85 bits per heavy atom. The van der Waals surface area contributed by atoms with E-state index in [2.05, 4.69) is 15.9 Å². The summed E-state index contributed by atoms with van der Waals surface area (Å²) < 4.78 is 11.4. The standard InChI is InChI=1S/C20H30N2O4/c1-20(19(23)24)6-8-22(9-7-20)16-17-4-2-3-5-18(17)26-15-12-21-10-13-25-14-11-21/h2-5H,6-16H2,1H3,(H,23,24). The molecule has 0 aliphatic carbocycles. The molecule has 26 heavy (non-hydrogen) atoms. The second-order valence-electron chi connectivity index (χ2n) is 7.55. The van der Waals surface area contributed by atoms with Gasteiger partial charge in [0.1, 0.15) is 12.4 Å². The van der Waals surface area contributed by atoms with Crippen LogP contribution in [0.4, 0.5) is 0 Å². The van der Waals surface area contributed by atoms with E-state index in [0.29, 0.717) is 19.4 Å². The third-order valence-electron chi connectivity index (χ3n) is 5.61. The minimum atomic E-state index is -0.677. The average molecular weight is 362 g/mol. The van der Waals surface area contributed by atoms with Crippen molar-refractivity contribution in [3.8, 4) is 5.75 Å². The molecule has 2 fully saturated rings. The molecular weight excluding hydrogens is 332 g/mol. The summed E-state index contributed by atoms with van der Waals surface area (Å²) in [4.78, 5) is 16.1. The highest BCUT2D eigenvalue weighted by molar-refractivity contribution is 5.74. The van der Waals surface area contributed by atoms with Crippen LogP contribution >= 0.6 is 0 Å². The van der Waals surface area contributed by atoms with E-state index in [4.69, 9.17) is 9.47 Å². The maximum absolute atomic E-state index is 11.4. The average Bonchev–Trinajstić information content (AvgIpc) is 2.66. The highest BCUT2D eigenvalue weighted by Gasteiger charge is 2.36. The van der Waals surface area contributed by atoms with Crippen molar-refractivity contribution < 1.29 is 19.4 Å². The summed E-state index contributed by atoms with van der Waals surface area (Å²) in [5, 5.41) is 9.37. The molecule has 0 saturated carbocycles. The Morgan fingerprint density at radius 1 is 1.15 bits per heavy atom. The fraction of sp³-hybridized carbons (Fsp3) is 0.650. The quantitative estimate of drug-likeness (QED) is 0.801. The monoisotopic (exact) mass is 362 g/mol. The first-order valence-corrected chi connectivity index (χ1v) is 9.53. The van der Waals surface area contributed by atoms with Gasteiger partial charge in [-0.25, -0.2) is 0 Å². The lowest BCUT2D eigenvalue weighted by atomic mass is 9.80. The Balaban J connectivity index is 1.50. The van der Waals surface area contributed by atoms with E-state index in [1.807, 2.05) is 25.1 Å². The molecule has 1 N–H and O–H groups in total. The zero-order valence-corrected chi connectivity index (χ0v) is 15.7. The largest absolute Gasteiger partial charge is 0.492 e. The van der Waals surface area contributed by atoms with Crippen LogP contribution in [0.3, 0.4) is 0 Å². The number of aliphatic carboxylic acids is 1. The first-order chi connectivity index (χ1) is 12.6. The van der Waals surface area contributed by atoms with E-state index >= 15 is 0 Å². The molecule has 3 rings (SSSR count). The number of morpholine rings is 1. The molecule has 1 aromatic rings. The summed E-state index contributed by atoms with van der Waals surface area (Å²) in [5.41, 5.74) is 0.596. The maximum atomic E-state index is 11.4. The molecule has 0 spiro atoms. The molecule has 2 saturated heterocycles. The Bertz CT molecular complexity index is 593. The number of carboxylic acids is 1. The van der Waals surface area contributed by atoms with Gasteiger partial charge in [-0.1, -0.05) is 18.2 Å². The zero-order chi connectivity index (χ0) is 18.4. The number of piperidine rings is 1. The van der Waals surface area contributed by atoms with Crippen molar-refractivity contribution in [2.45, 2.75) is 26.3 Å². The molecule has 2 heterocycles. The SMILES string of the molecule is CC1(C(=O)O)CCN(Cc2ccccc2OCCN2CCOCC2)CC1. The minimum Gasteiger partial charge on any atom is -0.492 e. The van der Waals surface area contributed by atoms with E-state index in [0.717, 1.165) is 58.2 Å².